The fraction of sp³-hybridized carbons (Fsp3) is 0.0769. The molecule has 2 aromatic carbocycles. The Morgan fingerprint density at radius 3 is 1.85 bits per heavy atom. The Bertz CT molecular complexity index is 829. The fourth-order valence-electron chi connectivity index (χ4n) is 2.64. The summed E-state index contributed by atoms with van der Waals surface area (Å²) in [5.41, 5.74) is 6.51. The van der Waals surface area contributed by atoms with Gasteiger partial charge in [-0.1, -0.05) is 125 Å². The van der Waals surface area contributed by atoms with Crippen LogP contribution in [-0.2, 0) is 0 Å². The number of benzene rings is 2. The molecule has 0 nitrogen and oxygen atoms in total. The van der Waals surface area contributed by atoms with Crippen molar-refractivity contribution < 1.29 is 0 Å². The molecule has 2 rings (SSSR count). The molecule has 132 valence electrons. The van der Waals surface area contributed by atoms with Crippen LogP contribution in [0, 0.1) is 0 Å². The summed E-state index contributed by atoms with van der Waals surface area (Å²) < 4.78 is 0. The van der Waals surface area contributed by atoms with E-state index in [2.05, 4.69) is 50.6 Å². The second-order valence-electron chi connectivity index (χ2n) is 5.27. The zero-order valence-electron chi connectivity index (χ0n) is 15.9. The van der Waals surface area contributed by atoms with Crippen molar-refractivity contribution in [1.29, 1.82) is 0 Å². The van der Waals surface area contributed by atoms with Gasteiger partial charge in [0, 0.05) is 0 Å². The highest BCUT2D eigenvalue weighted by Gasteiger charge is 2.11. The van der Waals surface area contributed by atoms with Gasteiger partial charge in [0.05, 0.1) is 0 Å². The maximum absolute atomic E-state index is 4.19. The third-order valence-electron chi connectivity index (χ3n) is 3.75. The van der Waals surface area contributed by atoms with Crippen molar-refractivity contribution in [1.82, 2.24) is 0 Å². The van der Waals surface area contributed by atoms with Crippen LogP contribution < -0.4 is 0 Å². The second-order valence-corrected chi connectivity index (χ2v) is 5.27. The molecule has 26 heavy (non-hydrogen) atoms. The van der Waals surface area contributed by atoms with Crippen molar-refractivity contribution in [3.8, 4) is 11.1 Å². The molecule has 0 radical (unpaired) electrons. The molecular weight excluding hydrogens is 312 g/mol. The standard InChI is InChI=1S/C24H22.C2H6/c1-5-8-14-19(4)21-15-9-11-17-23(21)24-18-12-10-16-22(24)20(7-3)13-6-2;1-2/h5-18H,1-4H2;1-2H3/b14-8-,20-13+;. The smallest absolute Gasteiger partial charge is 0.00992 e. The van der Waals surface area contributed by atoms with Crippen molar-refractivity contribution in [2.24, 2.45) is 0 Å². The first-order valence-corrected chi connectivity index (χ1v) is 8.85. The lowest BCUT2D eigenvalue weighted by atomic mass is 9.89. The minimum Gasteiger partial charge on any atom is -0.0991 e. The normalized spacial score (nSPS) is 10.6. The van der Waals surface area contributed by atoms with E-state index in [1.807, 2.05) is 62.4 Å². The van der Waals surface area contributed by atoms with Gasteiger partial charge in [-0.05, 0) is 33.4 Å². The Kier molecular flexibility index (Phi) is 9.20. The summed E-state index contributed by atoms with van der Waals surface area (Å²) in [4.78, 5) is 0. The summed E-state index contributed by atoms with van der Waals surface area (Å²) in [6, 6.07) is 16.6. The molecule has 0 fully saturated rings. The first kappa shape index (κ1) is 20.9. The van der Waals surface area contributed by atoms with Crippen molar-refractivity contribution in [2.75, 3.05) is 0 Å². The van der Waals surface area contributed by atoms with Gasteiger partial charge < -0.3 is 0 Å². The molecular formula is C26H28. The van der Waals surface area contributed by atoms with Gasteiger partial charge in [0.15, 0.2) is 0 Å². The van der Waals surface area contributed by atoms with E-state index in [-0.39, 0.29) is 0 Å². The predicted molar refractivity (Wildman–Crippen MR) is 120 cm³/mol. The molecule has 0 unspecified atom stereocenters. The van der Waals surface area contributed by atoms with Crippen LogP contribution in [0.2, 0.25) is 0 Å². The number of hydrogen-bond acceptors (Lipinski definition) is 0. The maximum atomic E-state index is 4.19. The molecule has 0 heterocycles. The van der Waals surface area contributed by atoms with Crippen LogP contribution >= 0.6 is 0 Å². The summed E-state index contributed by atoms with van der Waals surface area (Å²) >= 11 is 0. The molecule has 0 aliphatic rings. The van der Waals surface area contributed by atoms with Crippen LogP contribution in [0.25, 0.3) is 22.3 Å². The molecule has 0 saturated carbocycles. The van der Waals surface area contributed by atoms with Crippen LogP contribution in [0.5, 0.6) is 0 Å². The first-order chi connectivity index (χ1) is 12.7. The van der Waals surface area contributed by atoms with Crippen LogP contribution in [0.15, 0.2) is 111 Å². The quantitative estimate of drug-likeness (QED) is 0.449. The largest absolute Gasteiger partial charge is 0.0991 e. The van der Waals surface area contributed by atoms with Gasteiger partial charge in [0.1, 0.15) is 0 Å². The van der Waals surface area contributed by atoms with E-state index in [0.717, 1.165) is 33.4 Å². The van der Waals surface area contributed by atoms with E-state index < -0.39 is 0 Å². The van der Waals surface area contributed by atoms with Crippen LogP contribution in [0.4, 0.5) is 0 Å². The number of hydrogen-bond donors (Lipinski definition) is 0. The number of allylic oxidation sites excluding steroid dienone is 8. The van der Waals surface area contributed by atoms with Gasteiger partial charge in [-0.15, -0.1) is 0 Å². The monoisotopic (exact) mass is 340 g/mol. The minimum absolute atomic E-state index is 0.952. The molecule has 0 spiro atoms. The fourth-order valence-corrected chi connectivity index (χ4v) is 2.64. The summed E-state index contributed by atoms with van der Waals surface area (Å²) in [6.07, 6.45) is 11.2. The highest BCUT2D eigenvalue weighted by molar-refractivity contribution is 5.91. The SMILES string of the molecule is C=C/C=C\C(=C)c1ccccc1-c1ccccc1/C(C=C)=C/C=C.CC. The zero-order valence-corrected chi connectivity index (χ0v) is 15.9. The first-order valence-electron chi connectivity index (χ1n) is 8.85. The lowest BCUT2D eigenvalue weighted by Gasteiger charge is -2.15. The minimum atomic E-state index is 0.952. The average Bonchev–Trinajstić information content (AvgIpc) is 2.71. The molecule has 0 aromatic heterocycles. The Balaban J connectivity index is 0.00000163. The van der Waals surface area contributed by atoms with Gasteiger partial charge >= 0.3 is 0 Å². The molecule has 0 N–H and O–H groups in total. The molecule has 0 amide bonds. The van der Waals surface area contributed by atoms with Crippen molar-refractivity contribution in [2.45, 2.75) is 13.8 Å². The third kappa shape index (κ3) is 5.19. The molecule has 2 aromatic rings. The maximum Gasteiger partial charge on any atom is -0.00992 e. The van der Waals surface area contributed by atoms with E-state index in [0.29, 0.717) is 0 Å². The molecule has 0 heteroatoms. The Hall–Kier alpha value is -3.12. The second kappa shape index (κ2) is 11.4. The average molecular weight is 341 g/mol. The molecule has 0 aliphatic heterocycles. The van der Waals surface area contributed by atoms with Crippen LogP contribution in [-0.4, -0.2) is 0 Å². The summed E-state index contributed by atoms with van der Waals surface area (Å²) in [6.45, 7) is 19.6. The predicted octanol–water partition coefficient (Wildman–Crippen LogP) is 7.89. The number of rotatable bonds is 7. The third-order valence-corrected chi connectivity index (χ3v) is 3.75. The van der Waals surface area contributed by atoms with Crippen LogP contribution in [0.3, 0.4) is 0 Å². The van der Waals surface area contributed by atoms with Gasteiger partial charge in [-0.25, -0.2) is 0 Å². The van der Waals surface area contributed by atoms with Crippen molar-refractivity contribution in [3.05, 3.63) is 122 Å². The lowest BCUT2D eigenvalue weighted by molar-refractivity contribution is 1.50. The van der Waals surface area contributed by atoms with E-state index in [1.54, 1.807) is 12.2 Å². The molecule has 0 aliphatic carbocycles. The summed E-state index contributed by atoms with van der Waals surface area (Å²) in [5, 5.41) is 0. The van der Waals surface area contributed by atoms with E-state index >= 15 is 0 Å². The highest BCUT2D eigenvalue weighted by Crippen LogP contribution is 2.34. The van der Waals surface area contributed by atoms with Crippen LogP contribution in [0.1, 0.15) is 25.0 Å². The van der Waals surface area contributed by atoms with Gasteiger partial charge in [-0.3, -0.25) is 0 Å². The lowest BCUT2D eigenvalue weighted by Crippen LogP contribution is -1.92. The Morgan fingerprint density at radius 1 is 0.769 bits per heavy atom. The van der Waals surface area contributed by atoms with Gasteiger partial charge in [0.25, 0.3) is 0 Å². The van der Waals surface area contributed by atoms with Crippen molar-refractivity contribution in [3.63, 3.8) is 0 Å². The Labute approximate surface area is 158 Å². The van der Waals surface area contributed by atoms with E-state index in [9.17, 15) is 0 Å². The molecule has 0 bridgehead atoms. The highest BCUT2D eigenvalue weighted by atomic mass is 14.1. The Morgan fingerprint density at radius 2 is 1.31 bits per heavy atom. The molecule has 0 atom stereocenters. The molecule has 0 saturated heterocycles. The van der Waals surface area contributed by atoms with Gasteiger partial charge in [-0.2, -0.15) is 0 Å². The van der Waals surface area contributed by atoms with Gasteiger partial charge in [0.2, 0.25) is 0 Å². The summed E-state index contributed by atoms with van der Waals surface area (Å²) in [5.74, 6) is 0. The summed E-state index contributed by atoms with van der Waals surface area (Å²) in [7, 11) is 0. The van der Waals surface area contributed by atoms with E-state index in [1.165, 1.54) is 0 Å². The van der Waals surface area contributed by atoms with E-state index in [4.69, 9.17) is 0 Å². The van der Waals surface area contributed by atoms with Crippen molar-refractivity contribution >= 4 is 11.1 Å². The zero-order chi connectivity index (χ0) is 19.4. The topological polar surface area (TPSA) is 0 Å².